The van der Waals surface area contributed by atoms with E-state index in [1.807, 2.05) is 0 Å². The van der Waals surface area contributed by atoms with Crippen LogP contribution in [0, 0.1) is 11.8 Å². The maximum absolute atomic E-state index is 6.25. The van der Waals surface area contributed by atoms with Gasteiger partial charge in [-0.2, -0.15) is 9.97 Å². The van der Waals surface area contributed by atoms with Gasteiger partial charge >= 0.3 is 0 Å². The summed E-state index contributed by atoms with van der Waals surface area (Å²) in [7, 11) is 0. The van der Waals surface area contributed by atoms with Gasteiger partial charge < -0.3 is 22.1 Å². The zero-order chi connectivity index (χ0) is 14.6. The van der Waals surface area contributed by atoms with Crippen molar-refractivity contribution < 1.29 is 0 Å². The van der Waals surface area contributed by atoms with Gasteiger partial charge in [0, 0.05) is 24.7 Å². The van der Waals surface area contributed by atoms with Crippen molar-refractivity contribution in [1.82, 2.24) is 9.97 Å². The summed E-state index contributed by atoms with van der Waals surface area (Å²) < 4.78 is 0. The van der Waals surface area contributed by atoms with Crippen molar-refractivity contribution in [3.63, 3.8) is 0 Å². The molecule has 2 heterocycles. The first-order chi connectivity index (χ1) is 10.1. The molecule has 1 saturated heterocycles. The molecule has 6 heteroatoms. The molecule has 0 aromatic carbocycles. The SMILES string of the molecule is Nc1nc(N)c(C2CC3CCC2C3)c(N2CC[C@H](N)C2)n1. The van der Waals surface area contributed by atoms with Crippen molar-refractivity contribution in [1.29, 1.82) is 0 Å². The predicted octanol–water partition coefficient (Wildman–Crippen LogP) is 1.08. The van der Waals surface area contributed by atoms with Crippen molar-refractivity contribution in [3.05, 3.63) is 5.56 Å². The Labute approximate surface area is 125 Å². The molecule has 1 aromatic heterocycles. The Hall–Kier alpha value is -1.56. The van der Waals surface area contributed by atoms with Crippen LogP contribution >= 0.6 is 0 Å². The Balaban J connectivity index is 1.74. The molecule has 21 heavy (non-hydrogen) atoms. The molecule has 6 nitrogen and oxygen atoms in total. The van der Waals surface area contributed by atoms with Crippen LogP contribution in [0.2, 0.25) is 0 Å². The molecule has 114 valence electrons. The molecule has 0 amide bonds. The minimum Gasteiger partial charge on any atom is -0.383 e. The molecule has 3 unspecified atom stereocenters. The Morgan fingerprint density at radius 1 is 1.05 bits per heavy atom. The zero-order valence-electron chi connectivity index (χ0n) is 12.3. The first-order valence-corrected chi connectivity index (χ1v) is 8.05. The van der Waals surface area contributed by atoms with Gasteiger partial charge in [-0.05, 0) is 43.4 Å². The van der Waals surface area contributed by atoms with E-state index in [4.69, 9.17) is 17.2 Å². The van der Waals surface area contributed by atoms with Gasteiger partial charge in [0.15, 0.2) is 0 Å². The van der Waals surface area contributed by atoms with Crippen LogP contribution in [-0.4, -0.2) is 29.1 Å². The number of rotatable bonds is 2. The van der Waals surface area contributed by atoms with Crippen LogP contribution in [0.3, 0.4) is 0 Å². The largest absolute Gasteiger partial charge is 0.383 e. The van der Waals surface area contributed by atoms with E-state index in [1.54, 1.807) is 0 Å². The van der Waals surface area contributed by atoms with Gasteiger partial charge in [-0.15, -0.1) is 0 Å². The van der Waals surface area contributed by atoms with E-state index < -0.39 is 0 Å². The number of aromatic nitrogens is 2. The summed E-state index contributed by atoms with van der Waals surface area (Å²) in [5, 5.41) is 0. The van der Waals surface area contributed by atoms with Gasteiger partial charge in [-0.3, -0.25) is 0 Å². The van der Waals surface area contributed by atoms with E-state index in [2.05, 4.69) is 14.9 Å². The van der Waals surface area contributed by atoms with Gasteiger partial charge in [0.05, 0.1) is 0 Å². The maximum Gasteiger partial charge on any atom is 0.223 e. The highest BCUT2D eigenvalue weighted by atomic mass is 15.2. The standard InChI is InChI=1S/C15H24N6/c16-10-3-4-21(7-10)14-12(13(17)19-15(18)20-14)11-6-8-1-2-9(11)5-8/h8-11H,1-7,16H2,(H4,17,18,19,20)/t8?,9?,10-,11?/m0/s1. The molecular formula is C15H24N6. The van der Waals surface area contributed by atoms with Crippen molar-refractivity contribution >= 4 is 17.6 Å². The zero-order valence-corrected chi connectivity index (χ0v) is 12.3. The first kappa shape index (κ1) is 13.1. The van der Waals surface area contributed by atoms with E-state index in [1.165, 1.54) is 25.7 Å². The second-order valence-corrected chi connectivity index (χ2v) is 6.98. The third-order valence-electron chi connectivity index (χ3n) is 5.61. The number of anilines is 3. The van der Waals surface area contributed by atoms with Gasteiger partial charge in [0.1, 0.15) is 11.6 Å². The van der Waals surface area contributed by atoms with Crippen LogP contribution in [0.5, 0.6) is 0 Å². The summed E-state index contributed by atoms with van der Waals surface area (Å²) in [5.74, 6) is 3.93. The molecule has 3 aliphatic rings. The van der Waals surface area contributed by atoms with Gasteiger partial charge in [-0.1, -0.05) is 6.42 Å². The Kier molecular flexibility index (Phi) is 2.96. The molecule has 3 fully saturated rings. The molecule has 0 radical (unpaired) electrons. The Morgan fingerprint density at radius 3 is 2.52 bits per heavy atom. The van der Waals surface area contributed by atoms with Gasteiger partial charge in [0.25, 0.3) is 0 Å². The number of nitrogen functional groups attached to an aromatic ring is 2. The fourth-order valence-electron chi connectivity index (χ4n) is 4.67. The van der Waals surface area contributed by atoms with E-state index in [0.29, 0.717) is 11.7 Å². The van der Waals surface area contributed by atoms with Gasteiger partial charge in [-0.25, -0.2) is 0 Å². The van der Waals surface area contributed by atoms with Crippen molar-refractivity contribution in [2.24, 2.45) is 17.6 Å². The molecule has 4 rings (SSSR count). The summed E-state index contributed by atoms with van der Waals surface area (Å²) in [6.45, 7) is 1.77. The lowest BCUT2D eigenvalue weighted by atomic mass is 9.83. The minimum absolute atomic E-state index is 0.218. The average Bonchev–Trinajstić information content (AvgIpc) is 3.13. The smallest absolute Gasteiger partial charge is 0.223 e. The number of nitrogens with zero attached hydrogens (tertiary/aromatic N) is 3. The third kappa shape index (κ3) is 2.12. The topological polar surface area (TPSA) is 107 Å². The number of fused-ring (bicyclic) bond motifs is 2. The Bertz CT molecular complexity index is 559. The quantitative estimate of drug-likeness (QED) is 0.751. The molecule has 1 aliphatic heterocycles. The lowest BCUT2D eigenvalue weighted by Crippen LogP contribution is -2.29. The summed E-state index contributed by atoms with van der Waals surface area (Å²) in [5.41, 5.74) is 19.3. The van der Waals surface area contributed by atoms with Crippen LogP contribution in [-0.2, 0) is 0 Å². The average molecular weight is 288 g/mol. The molecular weight excluding hydrogens is 264 g/mol. The highest BCUT2D eigenvalue weighted by Gasteiger charge is 2.43. The first-order valence-electron chi connectivity index (χ1n) is 8.05. The highest BCUT2D eigenvalue weighted by molar-refractivity contribution is 5.62. The van der Waals surface area contributed by atoms with Gasteiger partial charge in [0.2, 0.25) is 5.95 Å². The number of nitrogens with two attached hydrogens (primary N) is 3. The molecule has 2 saturated carbocycles. The molecule has 4 atom stereocenters. The minimum atomic E-state index is 0.218. The predicted molar refractivity (Wildman–Crippen MR) is 83.9 cm³/mol. The highest BCUT2D eigenvalue weighted by Crippen LogP contribution is 2.55. The number of hydrogen-bond acceptors (Lipinski definition) is 6. The Morgan fingerprint density at radius 2 is 1.90 bits per heavy atom. The van der Waals surface area contributed by atoms with Crippen LogP contribution in [0.15, 0.2) is 0 Å². The van der Waals surface area contributed by atoms with Crippen LogP contribution in [0.1, 0.15) is 43.6 Å². The van der Waals surface area contributed by atoms with E-state index in [-0.39, 0.29) is 12.0 Å². The normalized spacial score (nSPS) is 34.8. The summed E-state index contributed by atoms with van der Waals surface area (Å²) in [4.78, 5) is 11.0. The molecule has 2 bridgehead atoms. The number of hydrogen-bond donors (Lipinski definition) is 3. The van der Waals surface area contributed by atoms with E-state index in [0.717, 1.165) is 42.7 Å². The van der Waals surface area contributed by atoms with E-state index >= 15 is 0 Å². The second-order valence-electron chi connectivity index (χ2n) is 6.98. The van der Waals surface area contributed by atoms with Crippen LogP contribution in [0.25, 0.3) is 0 Å². The molecule has 1 aromatic rings. The molecule has 6 N–H and O–H groups in total. The lowest BCUT2D eigenvalue weighted by Gasteiger charge is -2.28. The van der Waals surface area contributed by atoms with E-state index in [9.17, 15) is 0 Å². The fourth-order valence-corrected chi connectivity index (χ4v) is 4.67. The molecule has 2 aliphatic carbocycles. The van der Waals surface area contributed by atoms with Crippen LogP contribution < -0.4 is 22.1 Å². The summed E-state index contributed by atoms with van der Waals surface area (Å²) in [6, 6.07) is 0.218. The molecule has 0 spiro atoms. The van der Waals surface area contributed by atoms with Crippen molar-refractivity contribution in [2.75, 3.05) is 29.5 Å². The fraction of sp³-hybridized carbons (Fsp3) is 0.733. The summed E-state index contributed by atoms with van der Waals surface area (Å²) in [6.07, 6.45) is 6.27. The monoisotopic (exact) mass is 288 g/mol. The second kappa shape index (κ2) is 4.73. The van der Waals surface area contributed by atoms with Crippen molar-refractivity contribution in [2.45, 2.75) is 44.1 Å². The summed E-state index contributed by atoms with van der Waals surface area (Å²) >= 11 is 0. The van der Waals surface area contributed by atoms with Crippen LogP contribution in [0.4, 0.5) is 17.6 Å². The maximum atomic E-state index is 6.25. The lowest BCUT2D eigenvalue weighted by molar-refractivity contribution is 0.419. The third-order valence-corrected chi connectivity index (χ3v) is 5.61. The van der Waals surface area contributed by atoms with Crippen molar-refractivity contribution in [3.8, 4) is 0 Å².